The van der Waals surface area contributed by atoms with Gasteiger partial charge in [0.25, 0.3) is 0 Å². The summed E-state index contributed by atoms with van der Waals surface area (Å²) >= 11 is 12.7. The van der Waals surface area contributed by atoms with Crippen molar-refractivity contribution in [1.29, 1.82) is 0 Å². The molecule has 1 heterocycles. The molecule has 0 saturated carbocycles. The maximum atomic E-state index is 12.6. The summed E-state index contributed by atoms with van der Waals surface area (Å²) in [5.41, 5.74) is 2.83. The van der Waals surface area contributed by atoms with Gasteiger partial charge in [-0.05, 0) is 35.4 Å². The fourth-order valence-electron chi connectivity index (χ4n) is 3.69. The Kier molecular flexibility index (Phi) is 9.28. The molecular formula is C28H26Cl2N4O4. The normalized spacial score (nSPS) is 12.6. The highest BCUT2D eigenvalue weighted by Crippen LogP contribution is 2.28. The van der Waals surface area contributed by atoms with E-state index in [4.69, 9.17) is 28.3 Å². The van der Waals surface area contributed by atoms with Gasteiger partial charge in [-0.1, -0.05) is 71.7 Å². The monoisotopic (exact) mass is 552 g/mol. The Morgan fingerprint density at radius 2 is 1.58 bits per heavy atom. The molecule has 8 nitrogen and oxygen atoms in total. The highest BCUT2D eigenvalue weighted by Gasteiger charge is 2.19. The highest BCUT2D eigenvalue weighted by molar-refractivity contribution is 6.36. The average Bonchev–Trinajstić information content (AvgIpc) is 2.94. The standard InChI is InChI=1S/C28H26Cl2N4O4/c29-23-7-4-8-24(30)22(23)13-20-14-25(31-15-21(36)16-35)34-28(33-20)32-19-11-9-18(10-12-19)27(38)26(37)17-5-2-1-3-6-17/h1-12,14,21,27,35-36,38H,13,15-16H2,(H2,31,32,33,34). The molecule has 0 aliphatic rings. The summed E-state index contributed by atoms with van der Waals surface area (Å²) < 4.78 is 0. The number of anilines is 3. The van der Waals surface area contributed by atoms with E-state index in [0.29, 0.717) is 50.4 Å². The van der Waals surface area contributed by atoms with Gasteiger partial charge in [0, 0.05) is 40.3 Å². The molecule has 10 heteroatoms. The van der Waals surface area contributed by atoms with Crippen molar-refractivity contribution >= 4 is 46.4 Å². The summed E-state index contributed by atoms with van der Waals surface area (Å²) in [4.78, 5) is 21.6. The van der Waals surface area contributed by atoms with E-state index in [1.807, 2.05) is 0 Å². The number of carbonyl (C=O) groups excluding carboxylic acids is 1. The third kappa shape index (κ3) is 7.06. The number of hydrogen-bond donors (Lipinski definition) is 5. The van der Waals surface area contributed by atoms with Crippen LogP contribution in [0.5, 0.6) is 0 Å². The van der Waals surface area contributed by atoms with Gasteiger partial charge in [-0.15, -0.1) is 0 Å². The Morgan fingerprint density at radius 3 is 2.24 bits per heavy atom. The van der Waals surface area contributed by atoms with Crippen LogP contribution in [-0.4, -0.2) is 50.3 Å². The van der Waals surface area contributed by atoms with Crippen LogP contribution in [-0.2, 0) is 6.42 Å². The number of aliphatic hydroxyl groups is 3. The van der Waals surface area contributed by atoms with E-state index in [1.54, 1.807) is 78.9 Å². The van der Waals surface area contributed by atoms with Gasteiger partial charge >= 0.3 is 0 Å². The van der Waals surface area contributed by atoms with Crippen molar-refractivity contribution in [3.63, 3.8) is 0 Å². The minimum Gasteiger partial charge on any atom is -0.394 e. The van der Waals surface area contributed by atoms with Crippen LogP contribution in [0.1, 0.15) is 33.3 Å². The molecule has 1 aromatic heterocycles. The lowest BCUT2D eigenvalue weighted by Crippen LogP contribution is -2.23. The molecular weight excluding hydrogens is 527 g/mol. The van der Waals surface area contributed by atoms with E-state index >= 15 is 0 Å². The molecule has 0 fully saturated rings. The molecule has 0 radical (unpaired) electrons. The summed E-state index contributed by atoms with van der Waals surface area (Å²) in [6.07, 6.45) is -1.92. The Hall–Kier alpha value is -3.53. The molecule has 0 spiro atoms. The summed E-state index contributed by atoms with van der Waals surface area (Å²) in [7, 11) is 0. The third-order valence-electron chi connectivity index (χ3n) is 5.72. The van der Waals surface area contributed by atoms with Gasteiger partial charge in [-0.3, -0.25) is 4.79 Å². The number of Topliss-reactive ketones (excluding diaryl/α,β-unsaturated/α-hetero) is 1. The Bertz CT molecular complexity index is 1370. The van der Waals surface area contributed by atoms with Gasteiger partial charge in [0.2, 0.25) is 5.95 Å². The number of aromatic nitrogens is 2. The van der Waals surface area contributed by atoms with Crippen LogP contribution in [0.3, 0.4) is 0 Å². The summed E-state index contributed by atoms with van der Waals surface area (Å²) in [5.74, 6) is 0.301. The van der Waals surface area contributed by atoms with Gasteiger partial charge in [-0.2, -0.15) is 4.98 Å². The Morgan fingerprint density at radius 1 is 0.895 bits per heavy atom. The third-order valence-corrected chi connectivity index (χ3v) is 6.43. The number of nitrogens with zero attached hydrogens (tertiary/aromatic N) is 2. The van der Waals surface area contributed by atoms with Crippen molar-refractivity contribution in [2.24, 2.45) is 0 Å². The van der Waals surface area contributed by atoms with Gasteiger partial charge < -0.3 is 26.0 Å². The van der Waals surface area contributed by atoms with Crippen LogP contribution < -0.4 is 10.6 Å². The van der Waals surface area contributed by atoms with Crippen LogP contribution in [0.15, 0.2) is 78.9 Å². The second-order valence-electron chi connectivity index (χ2n) is 8.54. The van der Waals surface area contributed by atoms with E-state index in [9.17, 15) is 15.0 Å². The fourth-order valence-corrected chi connectivity index (χ4v) is 4.22. The number of aliphatic hydroxyl groups excluding tert-OH is 3. The van der Waals surface area contributed by atoms with Crippen LogP contribution >= 0.6 is 23.2 Å². The van der Waals surface area contributed by atoms with Gasteiger partial charge in [0.1, 0.15) is 11.9 Å². The summed E-state index contributed by atoms with van der Waals surface area (Å²) in [6.45, 7) is -0.308. The molecule has 196 valence electrons. The van der Waals surface area contributed by atoms with Gasteiger partial charge in [-0.25, -0.2) is 4.98 Å². The lowest BCUT2D eigenvalue weighted by Gasteiger charge is -2.14. The van der Waals surface area contributed by atoms with Crippen molar-refractivity contribution < 1.29 is 20.1 Å². The van der Waals surface area contributed by atoms with Gasteiger partial charge in [0.05, 0.1) is 18.4 Å². The minimum absolute atomic E-state index is 0.0846. The SMILES string of the molecule is O=C(c1ccccc1)C(O)c1ccc(Nc2nc(Cc3c(Cl)cccc3Cl)cc(NCC(O)CO)n2)cc1. The molecule has 5 N–H and O–H groups in total. The number of nitrogens with one attached hydrogen (secondary N) is 2. The number of benzene rings is 3. The molecule has 0 aliphatic heterocycles. The molecule has 2 atom stereocenters. The number of carbonyl (C=O) groups is 1. The van der Waals surface area contributed by atoms with Crippen molar-refractivity contribution in [2.75, 3.05) is 23.8 Å². The molecule has 4 aromatic rings. The number of rotatable bonds is 11. The van der Waals surface area contributed by atoms with Crippen molar-refractivity contribution in [1.82, 2.24) is 9.97 Å². The second-order valence-corrected chi connectivity index (χ2v) is 9.36. The first-order chi connectivity index (χ1) is 18.3. The van der Waals surface area contributed by atoms with E-state index in [0.717, 1.165) is 0 Å². The molecule has 0 saturated heterocycles. The molecule has 0 amide bonds. The maximum absolute atomic E-state index is 12.6. The van der Waals surface area contributed by atoms with E-state index in [1.165, 1.54) is 0 Å². The van der Waals surface area contributed by atoms with E-state index < -0.39 is 18.8 Å². The fraction of sp³-hybridized carbons (Fsp3) is 0.179. The predicted molar refractivity (Wildman–Crippen MR) is 148 cm³/mol. The predicted octanol–water partition coefficient (Wildman–Crippen LogP) is 4.80. The molecule has 2 unspecified atom stereocenters. The smallest absolute Gasteiger partial charge is 0.229 e. The van der Waals surface area contributed by atoms with Crippen molar-refractivity contribution in [2.45, 2.75) is 18.6 Å². The quantitative estimate of drug-likeness (QED) is 0.168. The van der Waals surface area contributed by atoms with Crippen LogP contribution in [0.2, 0.25) is 10.0 Å². The van der Waals surface area contributed by atoms with Crippen LogP contribution in [0, 0.1) is 0 Å². The summed E-state index contributed by atoms with van der Waals surface area (Å²) in [5, 5.41) is 36.5. The van der Waals surface area contributed by atoms with E-state index in [2.05, 4.69) is 20.6 Å². The molecule has 0 bridgehead atoms. The minimum atomic E-state index is -1.29. The average molecular weight is 553 g/mol. The molecule has 3 aromatic carbocycles. The topological polar surface area (TPSA) is 128 Å². The maximum Gasteiger partial charge on any atom is 0.229 e. The Balaban J connectivity index is 1.55. The highest BCUT2D eigenvalue weighted by atomic mass is 35.5. The molecule has 0 aliphatic carbocycles. The van der Waals surface area contributed by atoms with E-state index in [-0.39, 0.29) is 18.3 Å². The van der Waals surface area contributed by atoms with Crippen LogP contribution in [0.25, 0.3) is 0 Å². The molecule has 4 rings (SSSR count). The number of hydrogen-bond acceptors (Lipinski definition) is 8. The summed E-state index contributed by atoms with van der Waals surface area (Å²) in [6, 6.07) is 22.3. The molecule has 38 heavy (non-hydrogen) atoms. The van der Waals surface area contributed by atoms with Crippen molar-refractivity contribution in [3.8, 4) is 0 Å². The number of halogens is 2. The second kappa shape index (κ2) is 12.8. The lowest BCUT2D eigenvalue weighted by molar-refractivity contribution is 0.0747. The first kappa shape index (κ1) is 27.5. The number of ketones is 1. The lowest BCUT2D eigenvalue weighted by atomic mass is 10.00. The zero-order valence-electron chi connectivity index (χ0n) is 20.2. The zero-order chi connectivity index (χ0) is 27.1. The first-order valence-corrected chi connectivity index (χ1v) is 12.6. The first-order valence-electron chi connectivity index (χ1n) is 11.8. The Labute approximate surface area is 229 Å². The van der Waals surface area contributed by atoms with Crippen molar-refractivity contribution in [3.05, 3.63) is 111 Å². The van der Waals surface area contributed by atoms with Crippen LogP contribution in [0.4, 0.5) is 17.5 Å². The zero-order valence-corrected chi connectivity index (χ0v) is 21.7. The largest absolute Gasteiger partial charge is 0.394 e. The van der Waals surface area contributed by atoms with Gasteiger partial charge in [0.15, 0.2) is 5.78 Å².